The Bertz CT molecular complexity index is 1100. The average molecular weight is 352 g/mol. The van der Waals surface area contributed by atoms with Crippen LogP contribution in [0.5, 0.6) is 5.75 Å². The Morgan fingerprint density at radius 2 is 1.84 bits per heavy atom. The minimum absolute atomic E-state index is 0.131. The number of phenols is 1. The number of phenolic OH excluding ortho intramolecular Hbond substituents is 1. The molecule has 2 N–H and O–H groups in total. The van der Waals surface area contributed by atoms with E-state index in [1.165, 1.54) is 0 Å². The molecule has 0 unspecified atom stereocenters. The highest BCUT2D eigenvalue weighted by Gasteiger charge is 2.17. The third-order valence-corrected chi connectivity index (χ3v) is 4.39. The van der Waals surface area contributed by atoms with Crippen molar-refractivity contribution in [1.82, 2.24) is 4.98 Å². The number of fused-ring (bicyclic) bond motifs is 3. The van der Waals surface area contributed by atoms with Crippen LogP contribution in [0.15, 0.2) is 60.8 Å². The molecule has 1 aromatic heterocycles. The molecule has 4 aromatic rings. The number of esters is 1. The lowest BCUT2D eigenvalue weighted by atomic mass is 10.0. The number of rotatable bonds is 3. The number of aromatic nitrogens is 1. The zero-order valence-corrected chi connectivity index (χ0v) is 13.9. The monoisotopic (exact) mass is 351 g/mol. The van der Waals surface area contributed by atoms with Crippen molar-refractivity contribution in [3.63, 3.8) is 0 Å². The molecular formula is C20H14ClNO3. The second-order valence-electron chi connectivity index (χ2n) is 5.77. The summed E-state index contributed by atoms with van der Waals surface area (Å²) in [6.07, 6.45) is 1.61. The van der Waals surface area contributed by atoms with Crippen LogP contribution < -0.4 is 0 Å². The standard InChI is InChI=1S/C20H14ClNO3/c21-13-5-3-4-12(8-13)11-25-20(24)17-10-22-19-15-7-2-1-6-14(15)18(23)9-16(17)19/h1-10,22-23H,11H2. The van der Waals surface area contributed by atoms with E-state index in [0.717, 1.165) is 21.9 Å². The maximum Gasteiger partial charge on any atom is 0.340 e. The predicted octanol–water partition coefficient (Wildman–Crippen LogP) is 5.04. The van der Waals surface area contributed by atoms with Gasteiger partial charge in [0.15, 0.2) is 0 Å². The van der Waals surface area contributed by atoms with E-state index in [1.807, 2.05) is 30.3 Å². The van der Waals surface area contributed by atoms with Gasteiger partial charge < -0.3 is 14.8 Å². The topological polar surface area (TPSA) is 62.3 Å². The minimum atomic E-state index is -0.457. The lowest BCUT2D eigenvalue weighted by molar-refractivity contribution is 0.0475. The molecule has 4 nitrogen and oxygen atoms in total. The zero-order valence-electron chi connectivity index (χ0n) is 13.1. The van der Waals surface area contributed by atoms with Crippen LogP contribution in [0.3, 0.4) is 0 Å². The van der Waals surface area contributed by atoms with Gasteiger partial charge in [-0.3, -0.25) is 0 Å². The SMILES string of the molecule is O=C(OCc1cccc(Cl)c1)c1c[nH]c2c1cc(O)c1ccccc12. The number of hydrogen-bond acceptors (Lipinski definition) is 3. The molecule has 0 amide bonds. The Kier molecular flexibility index (Phi) is 3.82. The van der Waals surface area contributed by atoms with Gasteiger partial charge in [0.05, 0.1) is 11.1 Å². The zero-order chi connectivity index (χ0) is 17.4. The molecule has 3 aromatic carbocycles. The van der Waals surface area contributed by atoms with Gasteiger partial charge in [0, 0.05) is 27.4 Å². The molecule has 0 atom stereocenters. The number of halogens is 1. The first kappa shape index (κ1) is 15.5. The van der Waals surface area contributed by atoms with Gasteiger partial charge in [-0.25, -0.2) is 4.79 Å². The highest BCUT2D eigenvalue weighted by atomic mass is 35.5. The number of nitrogens with one attached hydrogen (secondary N) is 1. The van der Waals surface area contributed by atoms with Crippen LogP contribution in [0.4, 0.5) is 0 Å². The molecule has 0 radical (unpaired) electrons. The van der Waals surface area contributed by atoms with Crippen molar-refractivity contribution >= 4 is 39.2 Å². The summed E-state index contributed by atoms with van der Waals surface area (Å²) in [4.78, 5) is 15.6. The van der Waals surface area contributed by atoms with E-state index in [4.69, 9.17) is 16.3 Å². The van der Waals surface area contributed by atoms with Gasteiger partial charge in [-0.05, 0) is 23.8 Å². The summed E-state index contributed by atoms with van der Waals surface area (Å²) >= 11 is 5.94. The normalized spacial score (nSPS) is 11.1. The van der Waals surface area contributed by atoms with Gasteiger partial charge in [0.25, 0.3) is 0 Å². The van der Waals surface area contributed by atoms with Crippen molar-refractivity contribution in [3.8, 4) is 5.75 Å². The molecule has 0 aliphatic carbocycles. The van der Waals surface area contributed by atoms with Crippen molar-refractivity contribution in [3.05, 3.63) is 76.9 Å². The first-order valence-corrected chi connectivity index (χ1v) is 8.14. The Labute approximate surface area is 148 Å². The molecule has 1 heterocycles. The Morgan fingerprint density at radius 3 is 2.64 bits per heavy atom. The van der Waals surface area contributed by atoms with Gasteiger partial charge in [-0.15, -0.1) is 0 Å². The molecule has 0 saturated heterocycles. The Hall–Kier alpha value is -2.98. The maximum absolute atomic E-state index is 12.5. The van der Waals surface area contributed by atoms with E-state index in [1.54, 1.807) is 30.5 Å². The second-order valence-corrected chi connectivity index (χ2v) is 6.21. The molecule has 4 rings (SSSR count). The van der Waals surface area contributed by atoms with Crippen molar-refractivity contribution < 1.29 is 14.6 Å². The smallest absolute Gasteiger partial charge is 0.340 e. The highest BCUT2D eigenvalue weighted by molar-refractivity contribution is 6.30. The molecule has 25 heavy (non-hydrogen) atoms. The van der Waals surface area contributed by atoms with Crippen LogP contribution in [-0.2, 0) is 11.3 Å². The number of aromatic hydroxyl groups is 1. The van der Waals surface area contributed by atoms with Crippen LogP contribution in [0.2, 0.25) is 5.02 Å². The first-order valence-electron chi connectivity index (χ1n) is 7.77. The average Bonchev–Trinajstić information content (AvgIpc) is 3.04. The van der Waals surface area contributed by atoms with Crippen molar-refractivity contribution in [2.24, 2.45) is 0 Å². The van der Waals surface area contributed by atoms with Gasteiger partial charge >= 0.3 is 5.97 Å². The Balaban J connectivity index is 1.68. The minimum Gasteiger partial charge on any atom is -0.507 e. The lowest BCUT2D eigenvalue weighted by Gasteiger charge is -2.06. The summed E-state index contributed by atoms with van der Waals surface area (Å²) in [5.41, 5.74) is 2.00. The van der Waals surface area contributed by atoms with Gasteiger partial charge in [-0.1, -0.05) is 48.0 Å². The first-order chi connectivity index (χ1) is 12.1. The summed E-state index contributed by atoms with van der Waals surface area (Å²) in [6.45, 7) is 0.131. The molecule has 0 spiro atoms. The van der Waals surface area contributed by atoms with E-state index in [0.29, 0.717) is 16.0 Å². The van der Waals surface area contributed by atoms with Crippen LogP contribution in [0.25, 0.3) is 21.7 Å². The molecule has 5 heteroatoms. The quantitative estimate of drug-likeness (QED) is 0.508. The number of carbonyl (C=O) groups excluding carboxylic acids is 1. The van der Waals surface area contributed by atoms with Crippen LogP contribution in [0, 0.1) is 0 Å². The number of hydrogen-bond donors (Lipinski definition) is 2. The lowest BCUT2D eigenvalue weighted by Crippen LogP contribution is -2.04. The summed E-state index contributed by atoms with van der Waals surface area (Å²) in [5, 5.41) is 13.1. The third-order valence-electron chi connectivity index (χ3n) is 4.15. The summed E-state index contributed by atoms with van der Waals surface area (Å²) in [7, 11) is 0. The summed E-state index contributed by atoms with van der Waals surface area (Å²) in [5.74, 6) is -0.326. The fourth-order valence-electron chi connectivity index (χ4n) is 2.97. The van der Waals surface area contributed by atoms with E-state index in [-0.39, 0.29) is 12.4 Å². The van der Waals surface area contributed by atoms with Crippen molar-refractivity contribution in [2.75, 3.05) is 0 Å². The summed E-state index contributed by atoms with van der Waals surface area (Å²) in [6, 6.07) is 16.2. The molecule has 0 fully saturated rings. The predicted molar refractivity (Wildman–Crippen MR) is 98.0 cm³/mol. The van der Waals surface area contributed by atoms with E-state index < -0.39 is 5.97 Å². The van der Waals surface area contributed by atoms with E-state index >= 15 is 0 Å². The molecule has 0 aliphatic rings. The number of aromatic amines is 1. The third kappa shape index (κ3) is 2.81. The fraction of sp³-hybridized carbons (Fsp3) is 0.0500. The maximum atomic E-state index is 12.5. The van der Waals surface area contributed by atoms with Crippen LogP contribution >= 0.6 is 11.6 Å². The molecule has 0 saturated carbocycles. The molecule has 124 valence electrons. The largest absolute Gasteiger partial charge is 0.507 e. The van der Waals surface area contributed by atoms with Gasteiger partial charge in [0.2, 0.25) is 0 Å². The number of carbonyl (C=O) groups is 1. The van der Waals surface area contributed by atoms with Gasteiger partial charge in [-0.2, -0.15) is 0 Å². The molecular weight excluding hydrogens is 338 g/mol. The Morgan fingerprint density at radius 1 is 1.04 bits per heavy atom. The second kappa shape index (κ2) is 6.15. The van der Waals surface area contributed by atoms with Crippen molar-refractivity contribution in [1.29, 1.82) is 0 Å². The van der Waals surface area contributed by atoms with Crippen LogP contribution in [-0.4, -0.2) is 16.1 Å². The number of H-pyrrole nitrogens is 1. The van der Waals surface area contributed by atoms with Crippen molar-refractivity contribution in [2.45, 2.75) is 6.61 Å². The summed E-state index contributed by atoms with van der Waals surface area (Å²) < 4.78 is 5.39. The van der Waals surface area contributed by atoms with E-state index in [9.17, 15) is 9.90 Å². The highest BCUT2D eigenvalue weighted by Crippen LogP contribution is 2.34. The number of ether oxygens (including phenoxy) is 1. The fourth-order valence-corrected chi connectivity index (χ4v) is 3.18. The van der Waals surface area contributed by atoms with Gasteiger partial charge in [0.1, 0.15) is 12.4 Å². The van der Waals surface area contributed by atoms with Crippen LogP contribution in [0.1, 0.15) is 15.9 Å². The molecule has 0 aliphatic heterocycles. The molecule has 0 bridgehead atoms. The number of benzene rings is 3. The van der Waals surface area contributed by atoms with E-state index in [2.05, 4.69) is 4.98 Å².